The fraction of sp³-hybridized carbons (Fsp3) is 0.444. The Labute approximate surface area is 141 Å². The van der Waals surface area contributed by atoms with Crippen molar-refractivity contribution in [3.05, 3.63) is 40.5 Å². The highest BCUT2D eigenvalue weighted by Crippen LogP contribution is 2.28. The summed E-state index contributed by atoms with van der Waals surface area (Å²) in [6.45, 7) is 4.73. The van der Waals surface area contributed by atoms with Crippen LogP contribution in [-0.2, 0) is 0 Å². The average molecular weight is 333 g/mol. The summed E-state index contributed by atoms with van der Waals surface area (Å²) in [5, 5.41) is 10.9. The average Bonchev–Trinajstić information content (AvgIpc) is 2.54. The van der Waals surface area contributed by atoms with Gasteiger partial charge in [-0.15, -0.1) is 0 Å². The number of pyridine rings is 1. The molecule has 0 saturated carbocycles. The molecule has 122 valence electrons. The highest BCUT2D eigenvalue weighted by Gasteiger charge is 2.32. The molecule has 2 atom stereocenters. The topological polar surface area (TPSA) is 53.4 Å². The lowest BCUT2D eigenvalue weighted by Gasteiger charge is -2.38. The molecule has 1 aliphatic rings. The molecule has 3 rings (SSSR count). The fourth-order valence-electron chi connectivity index (χ4n) is 3.37. The molecule has 4 nitrogen and oxygen atoms in total. The molecule has 0 bridgehead atoms. The van der Waals surface area contributed by atoms with Crippen LogP contribution in [0.1, 0.15) is 35.8 Å². The molecule has 0 spiro atoms. The molecule has 1 fully saturated rings. The molecule has 2 aromatic rings. The zero-order valence-electron chi connectivity index (χ0n) is 13.4. The number of carbonyl (C=O) groups excluding carboxylic acids is 1. The molecule has 5 heteroatoms. The number of hydrogen-bond acceptors (Lipinski definition) is 3. The Bertz CT molecular complexity index is 747. The summed E-state index contributed by atoms with van der Waals surface area (Å²) in [6.07, 6.45) is 1.86. The first kappa shape index (κ1) is 16.2. The van der Waals surface area contributed by atoms with Crippen LogP contribution < -0.4 is 0 Å². The maximum absolute atomic E-state index is 13.1. The number of likely N-dealkylation sites (tertiary alicyclic amines) is 1. The maximum atomic E-state index is 13.1. The molecule has 1 aromatic carbocycles. The summed E-state index contributed by atoms with van der Waals surface area (Å²) in [6, 6.07) is 7.40. The molecule has 0 radical (unpaired) electrons. The van der Waals surface area contributed by atoms with Crippen molar-refractivity contribution < 1.29 is 9.90 Å². The van der Waals surface area contributed by atoms with E-state index in [0.29, 0.717) is 22.6 Å². The number of amides is 1. The molecule has 1 amide bonds. The summed E-state index contributed by atoms with van der Waals surface area (Å²) in [4.78, 5) is 19.5. The van der Waals surface area contributed by atoms with E-state index >= 15 is 0 Å². The van der Waals surface area contributed by atoms with Gasteiger partial charge in [0.1, 0.15) is 0 Å². The first-order valence-corrected chi connectivity index (χ1v) is 8.38. The van der Waals surface area contributed by atoms with Gasteiger partial charge in [-0.05, 0) is 44.9 Å². The van der Waals surface area contributed by atoms with Gasteiger partial charge in [-0.25, -0.2) is 0 Å². The fourth-order valence-corrected chi connectivity index (χ4v) is 3.59. The van der Waals surface area contributed by atoms with Gasteiger partial charge in [0.05, 0.1) is 11.1 Å². The lowest BCUT2D eigenvalue weighted by atomic mass is 9.90. The van der Waals surface area contributed by atoms with Crippen molar-refractivity contribution in [3.63, 3.8) is 0 Å². The van der Waals surface area contributed by atoms with E-state index in [1.807, 2.05) is 36.9 Å². The number of piperidine rings is 1. The van der Waals surface area contributed by atoms with E-state index in [2.05, 4.69) is 4.98 Å². The van der Waals surface area contributed by atoms with Gasteiger partial charge in [0.15, 0.2) is 0 Å². The van der Waals surface area contributed by atoms with E-state index in [0.717, 1.165) is 23.9 Å². The predicted molar refractivity (Wildman–Crippen MR) is 91.8 cm³/mol. The minimum Gasteiger partial charge on any atom is -0.396 e. The van der Waals surface area contributed by atoms with E-state index in [9.17, 15) is 9.90 Å². The molecule has 1 aliphatic heterocycles. The van der Waals surface area contributed by atoms with Crippen molar-refractivity contribution in [2.24, 2.45) is 5.92 Å². The SMILES string of the molecule is Cc1ccc2cc(Cl)cc(C(=O)N3CCCC(CO)C3C)c2n1. The first-order valence-electron chi connectivity index (χ1n) is 8.00. The second kappa shape index (κ2) is 6.46. The minimum atomic E-state index is -0.0544. The largest absolute Gasteiger partial charge is 0.396 e. The van der Waals surface area contributed by atoms with Crippen LogP contribution >= 0.6 is 11.6 Å². The second-order valence-electron chi connectivity index (χ2n) is 6.30. The van der Waals surface area contributed by atoms with Crippen molar-refractivity contribution in [1.82, 2.24) is 9.88 Å². The maximum Gasteiger partial charge on any atom is 0.256 e. The van der Waals surface area contributed by atoms with Crippen LogP contribution in [0.3, 0.4) is 0 Å². The highest BCUT2D eigenvalue weighted by atomic mass is 35.5. The Balaban J connectivity index is 2.05. The molecule has 0 aliphatic carbocycles. The number of nitrogens with zero attached hydrogens (tertiary/aromatic N) is 2. The smallest absolute Gasteiger partial charge is 0.256 e. The second-order valence-corrected chi connectivity index (χ2v) is 6.74. The Morgan fingerprint density at radius 3 is 2.96 bits per heavy atom. The third kappa shape index (κ3) is 3.06. The highest BCUT2D eigenvalue weighted by molar-refractivity contribution is 6.32. The van der Waals surface area contributed by atoms with E-state index in [4.69, 9.17) is 11.6 Å². The third-order valence-corrected chi connectivity index (χ3v) is 4.99. The lowest BCUT2D eigenvalue weighted by molar-refractivity contribution is 0.0430. The van der Waals surface area contributed by atoms with Gasteiger partial charge in [0.2, 0.25) is 0 Å². The van der Waals surface area contributed by atoms with E-state index in [-0.39, 0.29) is 24.5 Å². The van der Waals surface area contributed by atoms with Gasteiger partial charge in [-0.3, -0.25) is 9.78 Å². The number of fused-ring (bicyclic) bond motifs is 1. The molecular weight excluding hydrogens is 312 g/mol. The molecule has 2 unspecified atom stereocenters. The Hall–Kier alpha value is -1.65. The Kier molecular flexibility index (Phi) is 4.55. The quantitative estimate of drug-likeness (QED) is 0.916. The van der Waals surface area contributed by atoms with Gasteiger partial charge in [0, 0.05) is 41.2 Å². The zero-order chi connectivity index (χ0) is 16.6. The number of hydrogen-bond donors (Lipinski definition) is 1. The summed E-state index contributed by atoms with van der Waals surface area (Å²) in [5.41, 5.74) is 2.10. The van der Waals surface area contributed by atoms with Gasteiger partial charge in [-0.1, -0.05) is 17.7 Å². The van der Waals surface area contributed by atoms with Crippen LogP contribution in [0.5, 0.6) is 0 Å². The number of aliphatic hydroxyl groups excluding tert-OH is 1. The molecule has 23 heavy (non-hydrogen) atoms. The number of benzene rings is 1. The number of aromatic nitrogens is 1. The Morgan fingerprint density at radius 1 is 1.43 bits per heavy atom. The standard InChI is InChI=1S/C18H21ClN2O2/c1-11-5-6-13-8-15(19)9-16(17(13)20-11)18(23)21-7-3-4-14(10-22)12(21)2/h5-6,8-9,12,14,22H,3-4,7,10H2,1-2H3. The number of aryl methyl sites for hydroxylation is 1. The Morgan fingerprint density at radius 2 is 2.22 bits per heavy atom. The minimum absolute atomic E-state index is 0.0140. The summed E-state index contributed by atoms with van der Waals surface area (Å²) < 4.78 is 0. The predicted octanol–water partition coefficient (Wildman–Crippen LogP) is 3.43. The van der Waals surface area contributed by atoms with Crippen LogP contribution in [0.25, 0.3) is 10.9 Å². The van der Waals surface area contributed by atoms with Gasteiger partial charge >= 0.3 is 0 Å². The first-order chi connectivity index (χ1) is 11.0. The van der Waals surface area contributed by atoms with Gasteiger partial charge in [-0.2, -0.15) is 0 Å². The monoisotopic (exact) mass is 332 g/mol. The summed E-state index contributed by atoms with van der Waals surface area (Å²) >= 11 is 6.20. The normalized spacial score (nSPS) is 21.7. The van der Waals surface area contributed by atoms with Crippen LogP contribution in [0.4, 0.5) is 0 Å². The molecule has 2 heterocycles. The van der Waals surface area contributed by atoms with Crippen molar-refractivity contribution >= 4 is 28.4 Å². The zero-order valence-corrected chi connectivity index (χ0v) is 14.2. The van der Waals surface area contributed by atoms with Crippen molar-refractivity contribution in [1.29, 1.82) is 0 Å². The summed E-state index contributed by atoms with van der Waals surface area (Å²) in [7, 11) is 0. The van der Waals surface area contributed by atoms with E-state index < -0.39 is 0 Å². The molecule has 1 saturated heterocycles. The third-order valence-electron chi connectivity index (χ3n) is 4.77. The van der Waals surface area contributed by atoms with Crippen molar-refractivity contribution in [2.45, 2.75) is 32.7 Å². The van der Waals surface area contributed by atoms with Gasteiger partial charge < -0.3 is 10.0 Å². The van der Waals surface area contributed by atoms with E-state index in [1.54, 1.807) is 6.07 Å². The van der Waals surface area contributed by atoms with Crippen LogP contribution in [0.2, 0.25) is 5.02 Å². The number of carbonyl (C=O) groups is 1. The lowest BCUT2D eigenvalue weighted by Crippen LogP contribution is -2.47. The van der Waals surface area contributed by atoms with E-state index in [1.165, 1.54) is 0 Å². The molecule has 1 aromatic heterocycles. The van der Waals surface area contributed by atoms with Crippen molar-refractivity contribution in [3.8, 4) is 0 Å². The van der Waals surface area contributed by atoms with Crippen LogP contribution in [0.15, 0.2) is 24.3 Å². The van der Waals surface area contributed by atoms with Crippen molar-refractivity contribution in [2.75, 3.05) is 13.2 Å². The number of rotatable bonds is 2. The number of halogens is 1. The van der Waals surface area contributed by atoms with Crippen LogP contribution in [-0.4, -0.2) is 40.1 Å². The number of aliphatic hydroxyl groups is 1. The molecular formula is C18H21ClN2O2. The van der Waals surface area contributed by atoms with Crippen LogP contribution in [0, 0.1) is 12.8 Å². The summed E-state index contributed by atoms with van der Waals surface area (Å²) in [5.74, 6) is 0.0779. The van der Waals surface area contributed by atoms with Gasteiger partial charge in [0.25, 0.3) is 5.91 Å². The molecule has 1 N–H and O–H groups in total.